The second-order valence-corrected chi connectivity index (χ2v) is 14.9. The summed E-state index contributed by atoms with van der Waals surface area (Å²) in [6.45, 7) is 16.5. The number of ether oxygens (including phenoxy) is 1. The number of rotatable bonds is 16. The number of esters is 1. The van der Waals surface area contributed by atoms with Crippen LogP contribution in [0.25, 0.3) is 10.4 Å². The van der Waals surface area contributed by atoms with Crippen LogP contribution in [0.4, 0.5) is 0 Å². The van der Waals surface area contributed by atoms with Gasteiger partial charge in [-0.1, -0.05) is 60.0 Å². The number of carbonyl (C=O) groups excluding carboxylic acids is 2. The van der Waals surface area contributed by atoms with Crippen LogP contribution in [0.5, 0.6) is 0 Å². The highest BCUT2D eigenvalue weighted by Gasteiger charge is 2.36. The van der Waals surface area contributed by atoms with E-state index in [1.807, 2.05) is 27.7 Å². The molecule has 0 radical (unpaired) electrons. The summed E-state index contributed by atoms with van der Waals surface area (Å²) in [6, 6.07) is 1.92. The Kier molecular flexibility index (Phi) is 13.5. The Balaban J connectivity index is 3.30. The Morgan fingerprint density at radius 1 is 1.17 bits per heavy atom. The summed E-state index contributed by atoms with van der Waals surface area (Å²) in [5.41, 5.74) is 9.26. The van der Waals surface area contributed by atoms with Crippen molar-refractivity contribution in [1.82, 2.24) is 10.3 Å². The third-order valence-electron chi connectivity index (χ3n) is 6.84. The van der Waals surface area contributed by atoms with E-state index in [1.165, 1.54) is 11.3 Å². The first-order chi connectivity index (χ1) is 16.6. The van der Waals surface area contributed by atoms with Gasteiger partial charge in [-0.2, -0.15) is 0 Å². The summed E-state index contributed by atoms with van der Waals surface area (Å²) in [7, 11) is -2.02. The molecule has 1 N–H and O–H groups in total. The molecule has 11 heteroatoms. The van der Waals surface area contributed by atoms with E-state index in [2.05, 4.69) is 41.1 Å². The molecule has 9 nitrogen and oxygen atoms in total. The molecule has 1 amide bonds. The molecule has 1 aromatic heterocycles. The standard InChI is InChI=1S/C24H43N5O4SSi/c1-9-17(8)21(28-29-25)22(30)26-18(16(6)7)14-20(33-35(11-3,12-4)13-5)23-27-19(15-34-23)24(31)32-10-2/h15-18,20-21H,9-14H2,1-8H3,(H,26,30)/t17-,18+,20+,21-/m0/s1. The molecular weight excluding hydrogens is 482 g/mol. The zero-order chi connectivity index (χ0) is 26.6. The number of aromatic nitrogens is 1. The molecule has 35 heavy (non-hydrogen) atoms. The van der Waals surface area contributed by atoms with Crippen molar-refractivity contribution in [3.8, 4) is 0 Å². The van der Waals surface area contributed by atoms with Crippen molar-refractivity contribution in [1.29, 1.82) is 0 Å². The van der Waals surface area contributed by atoms with Crippen molar-refractivity contribution in [2.45, 2.75) is 105 Å². The number of nitrogens with one attached hydrogen (secondary N) is 1. The molecule has 1 rings (SSSR count). The van der Waals surface area contributed by atoms with Crippen molar-refractivity contribution < 1.29 is 18.8 Å². The Morgan fingerprint density at radius 3 is 2.29 bits per heavy atom. The van der Waals surface area contributed by atoms with Crippen LogP contribution in [0.15, 0.2) is 10.5 Å². The van der Waals surface area contributed by atoms with E-state index in [9.17, 15) is 9.59 Å². The molecule has 0 aliphatic carbocycles. The molecule has 198 valence electrons. The van der Waals surface area contributed by atoms with E-state index >= 15 is 0 Å². The predicted molar refractivity (Wildman–Crippen MR) is 143 cm³/mol. The summed E-state index contributed by atoms with van der Waals surface area (Å²) in [5.74, 6) is -0.680. The third kappa shape index (κ3) is 8.90. The Hall–Kier alpha value is -1.94. The molecule has 0 spiro atoms. The van der Waals surface area contributed by atoms with Crippen molar-refractivity contribution in [3.63, 3.8) is 0 Å². The first-order valence-electron chi connectivity index (χ1n) is 12.8. The van der Waals surface area contributed by atoms with E-state index in [4.69, 9.17) is 14.7 Å². The Bertz CT molecular complexity index is 846. The number of azide groups is 1. The molecule has 0 unspecified atom stereocenters. The maximum atomic E-state index is 13.1. The normalized spacial score (nSPS) is 15.1. The predicted octanol–water partition coefficient (Wildman–Crippen LogP) is 6.64. The van der Waals surface area contributed by atoms with Crippen molar-refractivity contribution in [2.75, 3.05) is 6.61 Å². The van der Waals surface area contributed by atoms with Crippen LogP contribution < -0.4 is 5.32 Å². The zero-order valence-electron chi connectivity index (χ0n) is 22.5. The van der Waals surface area contributed by atoms with Crippen LogP contribution in [0, 0.1) is 11.8 Å². The molecule has 0 saturated heterocycles. The van der Waals surface area contributed by atoms with Crippen LogP contribution in [-0.2, 0) is 14.0 Å². The summed E-state index contributed by atoms with van der Waals surface area (Å²) in [6.07, 6.45) is 0.879. The van der Waals surface area contributed by atoms with Gasteiger partial charge in [0.1, 0.15) is 11.0 Å². The summed E-state index contributed by atoms with van der Waals surface area (Å²) in [5, 5.41) is 9.31. The lowest BCUT2D eigenvalue weighted by Crippen LogP contribution is -2.47. The second-order valence-electron chi connectivity index (χ2n) is 9.27. The monoisotopic (exact) mass is 525 g/mol. The summed E-state index contributed by atoms with van der Waals surface area (Å²) in [4.78, 5) is 32.8. The van der Waals surface area contributed by atoms with Gasteiger partial charge in [-0.25, -0.2) is 9.78 Å². The van der Waals surface area contributed by atoms with Gasteiger partial charge in [-0.15, -0.1) is 11.3 Å². The van der Waals surface area contributed by atoms with E-state index in [-0.39, 0.29) is 42.2 Å². The molecule has 1 heterocycles. The minimum Gasteiger partial charge on any atom is -0.461 e. The molecule has 0 aliphatic heterocycles. The van der Waals surface area contributed by atoms with Gasteiger partial charge in [-0.3, -0.25) is 4.79 Å². The molecule has 0 bridgehead atoms. The molecule has 4 atom stereocenters. The molecule has 0 saturated carbocycles. The van der Waals surface area contributed by atoms with Gasteiger partial charge in [0.25, 0.3) is 0 Å². The number of hydrogen-bond donors (Lipinski definition) is 1. The highest BCUT2D eigenvalue weighted by Crippen LogP contribution is 2.35. The smallest absolute Gasteiger partial charge is 0.357 e. The molecule has 0 aliphatic rings. The van der Waals surface area contributed by atoms with E-state index in [0.29, 0.717) is 11.4 Å². The largest absolute Gasteiger partial charge is 0.461 e. The van der Waals surface area contributed by atoms with Gasteiger partial charge in [0, 0.05) is 16.3 Å². The van der Waals surface area contributed by atoms with E-state index < -0.39 is 20.3 Å². The summed E-state index contributed by atoms with van der Waals surface area (Å²) >= 11 is 1.39. The minimum atomic E-state index is -2.02. The molecule has 0 aromatic carbocycles. The van der Waals surface area contributed by atoms with Crippen LogP contribution in [0.2, 0.25) is 18.1 Å². The van der Waals surface area contributed by atoms with Gasteiger partial charge in [0.2, 0.25) is 5.91 Å². The van der Waals surface area contributed by atoms with Crippen molar-refractivity contribution >= 4 is 31.5 Å². The quantitative estimate of drug-likeness (QED) is 0.0851. The average molecular weight is 526 g/mol. The van der Waals surface area contributed by atoms with Crippen molar-refractivity contribution in [3.05, 3.63) is 26.5 Å². The SMILES string of the molecule is CCOC(=O)c1csc([C@@H](C[C@@H](NC(=O)[C@@H](N=[N+]=[N-])[C@@H](C)CC)C(C)C)O[Si](CC)(CC)CC)n1. The van der Waals surface area contributed by atoms with Gasteiger partial charge < -0.3 is 14.5 Å². The Labute approximate surface area is 215 Å². The van der Waals surface area contributed by atoms with Gasteiger partial charge in [-0.05, 0) is 48.8 Å². The van der Waals surface area contributed by atoms with Crippen molar-refractivity contribution in [2.24, 2.45) is 17.0 Å². The fourth-order valence-corrected chi connectivity index (χ4v) is 7.66. The lowest BCUT2D eigenvalue weighted by atomic mass is 9.95. The number of thiazole rings is 1. The first kappa shape index (κ1) is 31.1. The van der Waals surface area contributed by atoms with Crippen LogP contribution >= 0.6 is 11.3 Å². The van der Waals surface area contributed by atoms with Crippen LogP contribution in [0.3, 0.4) is 0 Å². The number of hydrogen-bond acceptors (Lipinski definition) is 7. The fraction of sp³-hybridized carbons (Fsp3) is 0.792. The van der Waals surface area contributed by atoms with Crippen LogP contribution in [-0.4, -0.2) is 43.9 Å². The van der Waals surface area contributed by atoms with Gasteiger partial charge >= 0.3 is 5.97 Å². The fourth-order valence-electron chi connectivity index (χ4n) is 3.94. The lowest BCUT2D eigenvalue weighted by molar-refractivity contribution is -0.124. The first-order valence-corrected chi connectivity index (χ1v) is 16.2. The number of nitrogens with zero attached hydrogens (tertiary/aromatic N) is 4. The average Bonchev–Trinajstić information content (AvgIpc) is 3.34. The van der Waals surface area contributed by atoms with Gasteiger partial charge in [0.15, 0.2) is 14.0 Å². The molecular formula is C24H43N5O4SSi. The highest BCUT2D eigenvalue weighted by molar-refractivity contribution is 7.09. The number of amides is 1. The van der Waals surface area contributed by atoms with Gasteiger partial charge in [0.05, 0.1) is 12.7 Å². The maximum Gasteiger partial charge on any atom is 0.357 e. The maximum absolute atomic E-state index is 13.1. The molecule has 1 aromatic rings. The highest BCUT2D eigenvalue weighted by atomic mass is 32.1. The van der Waals surface area contributed by atoms with E-state index in [0.717, 1.165) is 24.6 Å². The second kappa shape index (κ2) is 15.2. The molecule has 0 fully saturated rings. The third-order valence-corrected chi connectivity index (χ3v) is 12.4. The summed E-state index contributed by atoms with van der Waals surface area (Å²) < 4.78 is 12.0. The topological polar surface area (TPSA) is 126 Å². The Morgan fingerprint density at radius 2 is 1.80 bits per heavy atom. The van der Waals surface area contributed by atoms with Crippen LogP contribution in [0.1, 0.15) is 89.8 Å². The minimum absolute atomic E-state index is 0.0720. The van der Waals surface area contributed by atoms with E-state index in [1.54, 1.807) is 12.3 Å². The zero-order valence-corrected chi connectivity index (χ0v) is 24.4. The lowest BCUT2D eigenvalue weighted by Gasteiger charge is -2.35. The number of carbonyl (C=O) groups is 2.